The minimum absolute atomic E-state index is 0.0786. The first-order chi connectivity index (χ1) is 9.67. The molecular weight excluding hydrogens is 252 g/mol. The Morgan fingerprint density at radius 1 is 1.25 bits per heavy atom. The number of anilines is 1. The van der Waals surface area contributed by atoms with E-state index in [2.05, 4.69) is 13.8 Å². The van der Waals surface area contributed by atoms with Crippen molar-refractivity contribution >= 4 is 11.6 Å². The first-order valence-electron chi connectivity index (χ1n) is 7.33. The van der Waals surface area contributed by atoms with Crippen molar-refractivity contribution in [2.75, 3.05) is 25.1 Å². The van der Waals surface area contributed by atoms with Gasteiger partial charge in [0.15, 0.2) is 0 Å². The highest BCUT2D eigenvalue weighted by Gasteiger charge is 2.22. The lowest BCUT2D eigenvalue weighted by molar-refractivity contribution is -0.122. The number of benzene rings is 1. The van der Waals surface area contributed by atoms with Crippen molar-refractivity contribution in [3.63, 3.8) is 0 Å². The largest absolute Gasteiger partial charge is 0.497 e. The topological polar surface area (TPSA) is 55.6 Å². The molecule has 112 valence electrons. The molecule has 4 heteroatoms. The van der Waals surface area contributed by atoms with Gasteiger partial charge in [-0.3, -0.25) is 4.79 Å². The fourth-order valence-electron chi connectivity index (χ4n) is 2.24. The summed E-state index contributed by atoms with van der Waals surface area (Å²) in [6.07, 6.45) is 2.53. The third kappa shape index (κ3) is 4.23. The minimum Gasteiger partial charge on any atom is -0.497 e. The molecule has 2 N–H and O–H groups in total. The van der Waals surface area contributed by atoms with Gasteiger partial charge in [-0.1, -0.05) is 13.8 Å². The molecule has 1 aromatic rings. The third-order valence-corrected chi connectivity index (χ3v) is 3.57. The van der Waals surface area contributed by atoms with Gasteiger partial charge in [0, 0.05) is 18.2 Å². The van der Waals surface area contributed by atoms with Gasteiger partial charge in [0.05, 0.1) is 7.11 Å². The van der Waals surface area contributed by atoms with Gasteiger partial charge in [-0.2, -0.15) is 0 Å². The van der Waals surface area contributed by atoms with E-state index in [4.69, 9.17) is 10.5 Å². The molecule has 0 bridgehead atoms. The van der Waals surface area contributed by atoms with Crippen LogP contribution in [0.3, 0.4) is 0 Å². The van der Waals surface area contributed by atoms with Gasteiger partial charge in [0.25, 0.3) is 0 Å². The minimum atomic E-state index is 0.0786. The second-order valence-corrected chi connectivity index (χ2v) is 4.84. The van der Waals surface area contributed by atoms with Gasteiger partial charge in [-0.05, 0) is 50.1 Å². The molecule has 0 saturated carbocycles. The summed E-state index contributed by atoms with van der Waals surface area (Å²) in [5, 5.41) is 0. The summed E-state index contributed by atoms with van der Waals surface area (Å²) >= 11 is 0. The van der Waals surface area contributed by atoms with Crippen LogP contribution in [0.25, 0.3) is 0 Å². The van der Waals surface area contributed by atoms with E-state index in [0.717, 1.165) is 30.7 Å². The Hall–Kier alpha value is -1.55. The van der Waals surface area contributed by atoms with Crippen LogP contribution in [0.5, 0.6) is 5.75 Å². The summed E-state index contributed by atoms with van der Waals surface area (Å²) in [7, 11) is 1.64. The van der Waals surface area contributed by atoms with Crippen LogP contribution in [0, 0.1) is 5.92 Å². The molecule has 0 aliphatic rings. The van der Waals surface area contributed by atoms with Crippen LogP contribution >= 0.6 is 0 Å². The Labute approximate surface area is 121 Å². The fraction of sp³-hybridized carbons (Fsp3) is 0.562. The maximum absolute atomic E-state index is 12.6. The highest BCUT2D eigenvalue weighted by molar-refractivity contribution is 5.95. The number of nitrogens with two attached hydrogens (primary N) is 1. The number of hydrogen-bond donors (Lipinski definition) is 1. The van der Waals surface area contributed by atoms with E-state index in [9.17, 15) is 4.79 Å². The van der Waals surface area contributed by atoms with Crippen molar-refractivity contribution in [1.29, 1.82) is 0 Å². The number of methoxy groups -OCH3 is 1. The Morgan fingerprint density at radius 3 is 2.30 bits per heavy atom. The van der Waals surface area contributed by atoms with E-state index >= 15 is 0 Å². The van der Waals surface area contributed by atoms with Crippen LogP contribution in [0.15, 0.2) is 24.3 Å². The smallest absolute Gasteiger partial charge is 0.230 e. The van der Waals surface area contributed by atoms with Gasteiger partial charge in [-0.25, -0.2) is 0 Å². The van der Waals surface area contributed by atoms with Crippen LogP contribution < -0.4 is 15.4 Å². The number of carbonyl (C=O) groups excluding carboxylic acids is 1. The molecule has 0 unspecified atom stereocenters. The number of amides is 1. The van der Waals surface area contributed by atoms with Gasteiger partial charge in [-0.15, -0.1) is 0 Å². The van der Waals surface area contributed by atoms with E-state index in [1.54, 1.807) is 7.11 Å². The summed E-state index contributed by atoms with van der Waals surface area (Å²) < 4.78 is 5.16. The molecular formula is C16H26N2O2. The van der Waals surface area contributed by atoms with Crippen LogP contribution in [0.1, 0.15) is 33.1 Å². The van der Waals surface area contributed by atoms with Gasteiger partial charge >= 0.3 is 0 Å². The number of nitrogens with zero attached hydrogens (tertiary/aromatic N) is 1. The summed E-state index contributed by atoms with van der Waals surface area (Å²) in [5.41, 5.74) is 6.50. The molecule has 1 amide bonds. The lowest BCUT2D eigenvalue weighted by atomic mass is 10.0. The van der Waals surface area contributed by atoms with Crippen molar-refractivity contribution in [3.8, 4) is 5.75 Å². The zero-order chi connectivity index (χ0) is 15.0. The Kier molecular flexibility index (Phi) is 7.09. The zero-order valence-corrected chi connectivity index (χ0v) is 12.8. The third-order valence-electron chi connectivity index (χ3n) is 3.57. The monoisotopic (exact) mass is 278 g/mol. The highest BCUT2D eigenvalue weighted by Crippen LogP contribution is 2.23. The van der Waals surface area contributed by atoms with Gasteiger partial charge in [0.1, 0.15) is 5.75 Å². The molecule has 1 aromatic carbocycles. The summed E-state index contributed by atoms with van der Waals surface area (Å²) in [5.74, 6) is 1.06. The van der Waals surface area contributed by atoms with Crippen LogP contribution in [0.2, 0.25) is 0 Å². The quantitative estimate of drug-likeness (QED) is 0.795. The number of rotatable bonds is 8. The van der Waals surface area contributed by atoms with E-state index < -0.39 is 0 Å². The summed E-state index contributed by atoms with van der Waals surface area (Å²) in [4.78, 5) is 14.5. The first-order valence-corrected chi connectivity index (χ1v) is 7.33. The van der Waals surface area contributed by atoms with Gasteiger partial charge < -0.3 is 15.4 Å². The van der Waals surface area contributed by atoms with E-state index in [0.29, 0.717) is 13.1 Å². The van der Waals surface area contributed by atoms with E-state index in [1.807, 2.05) is 29.2 Å². The second kappa shape index (κ2) is 8.59. The van der Waals surface area contributed by atoms with Crippen molar-refractivity contribution in [2.45, 2.75) is 33.1 Å². The Balaban J connectivity index is 2.94. The number of hydrogen-bond acceptors (Lipinski definition) is 3. The predicted molar refractivity (Wildman–Crippen MR) is 83.1 cm³/mol. The van der Waals surface area contributed by atoms with Gasteiger partial charge in [0.2, 0.25) is 5.91 Å². The SMILES string of the molecule is CCC(CC)C(=O)N(CCCN)c1ccc(OC)cc1. The molecule has 1 rings (SSSR count). The summed E-state index contributed by atoms with van der Waals surface area (Å²) in [6, 6.07) is 7.61. The lowest BCUT2D eigenvalue weighted by Gasteiger charge is -2.26. The maximum atomic E-state index is 12.6. The molecule has 0 aliphatic carbocycles. The molecule has 0 atom stereocenters. The first kappa shape index (κ1) is 16.5. The Morgan fingerprint density at radius 2 is 1.85 bits per heavy atom. The second-order valence-electron chi connectivity index (χ2n) is 4.84. The van der Waals surface area contributed by atoms with E-state index in [1.165, 1.54) is 0 Å². The van der Waals surface area contributed by atoms with Crippen molar-refractivity contribution < 1.29 is 9.53 Å². The average molecular weight is 278 g/mol. The lowest BCUT2D eigenvalue weighted by Crippen LogP contribution is -2.37. The number of carbonyl (C=O) groups is 1. The Bertz CT molecular complexity index is 399. The van der Waals surface area contributed by atoms with E-state index in [-0.39, 0.29) is 11.8 Å². The molecule has 0 spiro atoms. The molecule has 20 heavy (non-hydrogen) atoms. The molecule has 0 heterocycles. The molecule has 0 aromatic heterocycles. The number of ether oxygens (including phenoxy) is 1. The van der Waals surface area contributed by atoms with Crippen molar-refractivity contribution in [2.24, 2.45) is 11.7 Å². The molecule has 4 nitrogen and oxygen atoms in total. The molecule has 0 saturated heterocycles. The molecule has 0 fully saturated rings. The standard InChI is InChI=1S/C16H26N2O2/c1-4-13(5-2)16(19)18(12-6-11-17)14-7-9-15(20-3)10-8-14/h7-10,13H,4-6,11-12,17H2,1-3H3. The maximum Gasteiger partial charge on any atom is 0.230 e. The predicted octanol–water partition coefficient (Wildman–Crippen LogP) is 2.81. The van der Waals surface area contributed by atoms with Crippen LogP contribution in [-0.4, -0.2) is 26.1 Å². The fourth-order valence-corrected chi connectivity index (χ4v) is 2.24. The van der Waals surface area contributed by atoms with Crippen molar-refractivity contribution in [3.05, 3.63) is 24.3 Å². The molecule has 0 aliphatic heterocycles. The van der Waals surface area contributed by atoms with Crippen LogP contribution in [-0.2, 0) is 4.79 Å². The normalized spacial score (nSPS) is 10.7. The zero-order valence-electron chi connectivity index (χ0n) is 12.8. The molecule has 0 radical (unpaired) electrons. The van der Waals surface area contributed by atoms with Crippen molar-refractivity contribution in [1.82, 2.24) is 0 Å². The summed E-state index contributed by atoms with van der Waals surface area (Å²) in [6.45, 7) is 5.36. The van der Waals surface area contributed by atoms with Crippen LogP contribution in [0.4, 0.5) is 5.69 Å². The highest BCUT2D eigenvalue weighted by atomic mass is 16.5. The average Bonchev–Trinajstić information content (AvgIpc) is 2.49.